The van der Waals surface area contributed by atoms with Gasteiger partial charge in [0.15, 0.2) is 14.8 Å². The molecule has 29 heavy (non-hydrogen) atoms. The molecule has 1 aliphatic heterocycles. The van der Waals surface area contributed by atoms with Gasteiger partial charge in [-0.1, -0.05) is 22.7 Å². The SMILES string of the molecule is CCN(c1nc2sc(-c3ncc(-c4cn[nH]c4)cc3O)nc2s1)C1CCNCC1. The molecule has 4 aromatic heterocycles. The first kappa shape index (κ1) is 18.5. The van der Waals surface area contributed by atoms with E-state index in [9.17, 15) is 5.11 Å². The van der Waals surface area contributed by atoms with Gasteiger partial charge in [0.1, 0.15) is 16.5 Å². The summed E-state index contributed by atoms with van der Waals surface area (Å²) in [7, 11) is 0. The van der Waals surface area contributed by atoms with Crippen molar-refractivity contribution in [3.63, 3.8) is 0 Å². The summed E-state index contributed by atoms with van der Waals surface area (Å²) in [6.45, 7) is 5.24. The summed E-state index contributed by atoms with van der Waals surface area (Å²) in [4.78, 5) is 18.2. The number of anilines is 1. The highest BCUT2D eigenvalue weighted by molar-refractivity contribution is 7.29. The van der Waals surface area contributed by atoms with E-state index < -0.39 is 0 Å². The number of aromatic hydroxyl groups is 1. The van der Waals surface area contributed by atoms with Crippen molar-refractivity contribution in [3.05, 3.63) is 24.7 Å². The lowest BCUT2D eigenvalue weighted by Gasteiger charge is -2.33. The van der Waals surface area contributed by atoms with Crippen LogP contribution < -0.4 is 10.2 Å². The van der Waals surface area contributed by atoms with Crippen LogP contribution in [0.15, 0.2) is 24.7 Å². The van der Waals surface area contributed by atoms with E-state index in [1.165, 1.54) is 11.3 Å². The lowest BCUT2D eigenvalue weighted by atomic mass is 10.1. The third-order valence-electron chi connectivity index (χ3n) is 5.20. The minimum Gasteiger partial charge on any atom is -0.506 e. The van der Waals surface area contributed by atoms with Gasteiger partial charge in [0.2, 0.25) is 0 Å². The molecule has 3 N–H and O–H groups in total. The molecule has 5 heterocycles. The topological polar surface area (TPSA) is 103 Å². The van der Waals surface area contributed by atoms with Crippen molar-refractivity contribution in [2.75, 3.05) is 24.5 Å². The van der Waals surface area contributed by atoms with Crippen molar-refractivity contribution >= 4 is 37.5 Å². The second-order valence-electron chi connectivity index (χ2n) is 6.97. The maximum Gasteiger partial charge on any atom is 0.189 e. The number of pyridine rings is 1. The van der Waals surface area contributed by atoms with E-state index in [0.717, 1.165) is 58.4 Å². The Hall–Kier alpha value is -2.56. The normalized spacial score (nSPS) is 15.2. The summed E-state index contributed by atoms with van der Waals surface area (Å²) in [6.07, 6.45) is 7.47. The smallest absolute Gasteiger partial charge is 0.189 e. The largest absolute Gasteiger partial charge is 0.506 e. The van der Waals surface area contributed by atoms with E-state index in [-0.39, 0.29) is 5.75 Å². The van der Waals surface area contributed by atoms with E-state index in [1.807, 2.05) is 0 Å². The van der Waals surface area contributed by atoms with Crippen LogP contribution in [0, 0.1) is 0 Å². The first-order valence-electron chi connectivity index (χ1n) is 9.66. The summed E-state index contributed by atoms with van der Waals surface area (Å²) in [5.74, 6) is 0.107. The number of thiazole rings is 2. The molecule has 5 rings (SSSR count). The van der Waals surface area contributed by atoms with Crippen molar-refractivity contribution in [3.8, 4) is 27.6 Å². The van der Waals surface area contributed by atoms with Gasteiger partial charge in [0, 0.05) is 36.1 Å². The number of fused-ring (bicyclic) bond motifs is 1. The predicted octanol–water partition coefficient (Wildman–Crippen LogP) is 3.49. The molecule has 8 nitrogen and oxygen atoms in total. The monoisotopic (exact) mass is 427 g/mol. The number of rotatable bonds is 5. The van der Waals surface area contributed by atoms with Gasteiger partial charge in [-0.2, -0.15) is 5.10 Å². The van der Waals surface area contributed by atoms with Crippen LogP contribution in [0.3, 0.4) is 0 Å². The van der Waals surface area contributed by atoms with Crippen LogP contribution in [0.4, 0.5) is 5.13 Å². The molecule has 0 aromatic carbocycles. The number of aromatic amines is 1. The zero-order valence-corrected chi connectivity index (χ0v) is 17.6. The molecule has 0 atom stereocenters. The summed E-state index contributed by atoms with van der Waals surface area (Å²) >= 11 is 3.09. The molecule has 0 spiro atoms. The molecule has 10 heteroatoms. The summed E-state index contributed by atoms with van der Waals surface area (Å²) < 4.78 is 0. The number of aromatic nitrogens is 5. The molecule has 0 radical (unpaired) electrons. The summed E-state index contributed by atoms with van der Waals surface area (Å²) in [5, 5.41) is 22.3. The first-order chi connectivity index (χ1) is 14.2. The Morgan fingerprint density at radius 1 is 1.14 bits per heavy atom. The van der Waals surface area contributed by atoms with Crippen LogP contribution in [0.2, 0.25) is 0 Å². The lowest BCUT2D eigenvalue weighted by molar-refractivity contribution is 0.433. The van der Waals surface area contributed by atoms with Crippen LogP contribution in [0.25, 0.3) is 31.5 Å². The highest BCUT2D eigenvalue weighted by Crippen LogP contribution is 2.39. The molecule has 0 aliphatic carbocycles. The molecule has 1 aliphatic rings. The van der Waals surface area contributed by atoms with Crippen molar-refractivity contribution in [2.24, 2.45) is 0 Å². The van der Waals surface area contributed by atoms with E-state index in [2.05, 4.69) is 32.3 Å². The van der Waals surface area contributed by atoms with Gasteiger partial charge in [0.05, 0.1) is 6.20 Å². The summed E-state index contributed by atoms with van der Waals surface area (Å²) in [6, 6.07) is 2.22. The van der Waals surface area contributed by atoms with Gasteiger partial charge in [-0.3, -0.25) is 5.10 Å². The Morgan fingerprint density at radius 3 is 2.66 bits per heavy atom. The number of H-pyrrole nitrogens is 1. The predicted molar refractivity (Wildman–Crippen MR) is 117 cm³/mol. The fourth-order valence-electron chi connectivity index (χ4n) is 3.71. The molecule has 4 aromatic rings. The Morgan fingerprint density at radius 2 is 1.97 bits per heavy atom. The van der Waals surface area contributed by atoms with Gasteiger partial charge in [0.25, 0.3) is 0 Å². The highest BCUT2D eigenvalue weighted by Gasteiger charge is 2.24. The third kappa shape index (κ3) is 3.47. The molecule has 0 amide bonds. The number of hydrogen-bond donors (Lipinski definition) is 3. The molecular formula is C19H21N7OS2. The maximum atomic E-state index is 10.5. The maximum absolute atomic E-state index is 10.5. The minimum atomic E-state index is 0.107. The molecule has 150 valence electrons. The minimum absolute atomic E-state index is 0.107. The average molecular weight is 428 g/mol. The van der Waals surface area contributed by atoms with Crippen molar-refractivity contribution in [1.29, 1.82) is 0 Å². The first-order valence-corrected chi connectivity index (χ1v) is 11.3. The zero-order chi connectivity index (χ0) is 19.8. The second kappa shape index (κ2) is 7.69. The molecule has 0 unspecified atom stereocenters. The number of hydrogen-bond acceptors (Lipinski definition) is 9. The quantitative estimate of drug-likeness (QED) is 0.448. The molecule has 0 saturated carbocycles. The van der Waals surface area contributed by atoms with Gasteiger partial charge >= 0.3 is 0 Å². The molecular weight excluding hydrogens is 406 g/mol. The standard InChI is InChI=1S/C19H21N7OS2/c1-2-26(13-3-5-20-6-4-13)19-25-18-17(29-19)24-16(28-18)15-14(27)7-11(8-21-15)12-9-22-23-10-12/h7-10,13,20,27H,2-6H2,1H3,(H,22,23). The van der Waals surface area contributed by atoms with Crippen molar-refractivity contribution < 1.29 is 5.11 Å². The Kier molecular flexibility index (Phi) is 4.90. The summed E-state index contributed by atoms with van der Waals surface area (Å²) in [5.41, 5.74) is 2.17. The number of piperidine rings is 1. The molecule has 1 fully saturated rings. The van der Waals surface area contributed by atoms with Gasteiger partial charge < -0.3 is 15.3 Å². The Bertz CT molecular complexity index is 1080. The van der Waals surface area contributed by atoms with Crippen LogP contribution in [-0.2, 0) is 0 Å². The van der Waals surface area contributed by atoms with Crippen LogP contribution in [0.5, 0.6) is 5.75 Å². The Labute approximate surface area is 175 Å². The number of nitrogens with one attached hydrogen (secondary N) is 2. The van der Waals surface area contributed by atoms with E-state index in [1.54, 1.807) is 36.0 Å². The van der Waals surface area contributed by atoms with Crippen LogP contribution in [-0.4, -0.2) is 55.9 Å². The zero-order valence-electron chi connectivity index (χ0n) is 15.9. The van der Waals surface area contributed by atoms with Gasteiger partial charge in [-0.25, -0.2) is 15.0 Å². The average Bonchev–Trinajstić information content (AvgIpc) is 3.46. The lowest BCUT2D eigenvalue weighted by Crippen LogP contribution is -2.43. The third-order valence-corrected chi connectivity index (χ3v) is 7.27. The Balaban J connectivity index is 1.43. The fraction of sp³-hybridized carbons (Fsp3) is 0.368. The fourth-order valence-corrected chi connectivity index (χ4v) is 5.89. The van der Waals surface area contributed by atoms with Crippen molar-refractivity contribution in [1.82, 2.24) is 30.5 Å². The number of nitrogens with zero attached hydrogens (tertiary/aromatic N) is 5. The van der Waals surface area contributed by atoms with Crippen LogP contribution in [0.1, 0.15) is 19.8 Å². The van der Waals surface area contributed by atoms with Crippen LogP contribution >= 0.6 is 22.7 Å². The van der Waals surface area contributed by atoms with E-state index in [0.29, 0.717) is 16.7 Å². The van der Waals surface area contributed by atoms with Gasteiger partial charge in [-0.05, 0) is 38.9 Å². The molecule has 0 bridgehead atoms. The highest BCUT2D eigenvalue weighted by atomic mass is 32.1. The second-order valence-corrected chi connectivity index (χ2v) is 8.91. The van der Waals surface area contributed by atoms with Crippen molar-refractivity contribution in [2.45, 2.75) is 25.8 Å². The van der Waals surface area contributed by atoms with E-state index >= 15 is 0 Å². The molecule has 1 saturated heterocycles. The van der Waals surface area contributed by atoms with Gasteiger partial charge in [-0.15, -0.1) is 0 Å². The van der Waals surface area contributed by atoms with E-state index in [4.69, 9.17) is 9.97 Å².